The maximum atomic E-state index is 13.8. The van der Waals surface area contributed by atoms with Crippen LogP contribution in [0.1, 0.15) is 65.9 Å². The lowest BCUT2D eigenvalue weighted by Gasteiger charge is -2.51. The minimum Gasteiger partial charge on any atom is -0.384 e. The Kier molecular flexibility index (Phi) is 8.81. The monoisotopic (exact) mass is 521 g/mol. The fraction of sp³-hybridized carbons (Fsp3) is 0.714. The number of nitrogens with one attached hydrogen (secondary N) is 1. The molecule has 8 heteroatoms. The summed E-state index contributed by atoms with van der Waals surface area (Å²) in [5, 5.41) is 15.4. The van der Waals surface area contributed by atoms with Crippen LogP contribution in [0.2, 0.25) is 5.02 Å². The molecule has 0 aromatic heterocycles. The van der Waals surface area contributed by atoms with Gasteiger partial charge in [-0.05, 0) is 61.8 Å². The highest BCUT2D eigenvalue weighted by atomic mass is 35.5. The van der Waals surface area contributed by atoms with Crippen molar-refractivity contribution in [3.63, 3.8) is 0 Å². The summed E-state index contributed by atoms with van der Waals surface area (Å²) < 4.78 is 5.93. The number of amides is 2. The Hall–Kier alpha value is -1.67. The second kappa shape index (κ2) is 11.0. The van der Waals surface area contributed by atoms with Gasteiger partial charge in [-0.25, -0.2) is 0 Å². The number of hydrogen-bond donors (Lipinski definition) is 3. The number of likely N-dealkylation sites (tertiary alicyclic amines) is 1. The second-order valence-electron chi connectivity index (χ2n) is 11.7. The second-order valence-corrected chi connectivity index (χ2v) is 12.2. The normalized spacial score (nSPS) is 29.7. The number of benzene rings is 1. The molecule has 4 N–H and O–H groups in total. The van der Waals surface area contributed by atoms with Crippen LogP contribution in [0.5, 0.6) is 0 Å². The lowest BCUT2D eigenvalue weighted by molar-refractivity contribution is -0.158. The molecule has 3 rings (SSSR count). The zero-order valence-electron chi connectivity index (χ0n) is 22.6. The van der Waals surface area contributed by atoms with Crippen LogP contribution in [0, 0.1) is 23.2 Å². The maximum absolute atomic E-state index is 13.8. The van der Waals surface area contributed by atoms with Crippen molar-refractivity contribution in [3.05, 3.63) is 34.9 Å². The van der Waals surface area contributed by atoms with E-state index in [4.69, 9.17) is 22.1 Å². The molecule has 202 valence electrons. The summed E-state index contributed by atoms with van der Waals surface area (Å²) in [4.78, 5) is 29.1. The highest BCUT2D eigenvalue weighted by Crippen LogP contribution is 2.47. The van der Waals surface area contributed by atoms with Crippen molar-refractivity contribution in [3.8, 4) is 0 Å². The molecule has 1 aromatic rings. The zero-order chi connectivity index (χ0) is 26.9. The Balaban J connectivity index is 1.77. The van der Waals surface area contributed by atoms with E-state index < -0.39 is 22.7 Å². The fourth-order valence-electron chi connectivity index (χ4n) is 6.32. The number of hydrogen-bond acceptors (Lipinski definition) is 5. The number of methoxy groups -OCH3 is 1. The number of carbonyl (C=O) groups excluding carboxylic acids is 2. The number of ether oxygens (including phenoxy) is 1. The molecular weight excluding hydrogens is 478 g/mol. The quantitative estimate of drug-likeness (QED) is 0.483. The molecule has 5 atom stereocenters. The SMILES string of the molecule is COC1(C(C)CN)CCCC1C(=O)NC(C(=O)N1CCC(O)(c2ccc(Cl)cc2)C(C)(C)C1)C(C)C. The minimum absolute atomic E-state index is 0.0300. The minimum atomic E-state index is -1.09. The third-order valence-corrected chi connectivity index (χ3v) is 9.10. The van der Waals surface area contributed by atoms with Gasteiger partial charge in [0.2, 0.25) is 11.8 Å². The molecule has 2 aliphatic rings. The van der Waals surface area contributed by atoms with Crippen LogP contribution < -0.4 is 11.1 Å². The van der Waals surface area contributed by atoms with Crippen molar-refractivity contribution < 1.29 is 19.4 Å². The molecule has 5 unspecified atom stereocenters. The first-order chi connectivity index (χ1) is 16.8. The summed E-state index contributed by atoms with van der Waals surface area (Å²) in [6.45, 7) is 11.1. The molecule has 2 fully saturated rings. The average Bonchev–Trinajstić information content (AvgIpc) is 3.28. The van der Waals surface area contributed by atoms with E-state index in [1.807, 2.05) is 46.8 Å². The molecule has 1 heterocycles. The summed E-state index contributed by atoms with van der Waals surface area (Å²) >= 11 is 6.05. The molecular formula is C28H44ClN3O4. The van der Waals surface area contributed by atoms with E-state index in [2.05, 4.69) is 5.32 Å². The third-order valence-electron chi connectivity index (χ3n) is 8.85. The molecule has 0 spiro atoms. The van der Waals surface area contributed by atoms with Crippen molar-refractivity contribution >= 4 is 23.4 Å². The fourth-order valence-corrected chi connectivity index (χ4v) is 6.45. The summed E-state index contributed by atoms with van der Waals surface area (Å²) in [5.74, 6) is -0.662. The van der Waals surface area contributed by atoms with Gasteiger partial charge in [0.05, 0.1) is 17.1 Å². The standard InChI is InChI=1S/C28H44ClN3O4/c1-18(2)23(31-24(33)22-8-7-13-27(22,36-6)19(3)16-30)25(34)32-15-14-28(35,26(4,5)17-32)20-9-11-21(29)12-10-20/h9-12,18-19,22-23,35H,7-8,13-17,30H2,1-6H3,(H,31,33). The molecule has 1 aromatic carbocycles. The zero-order valence-corrected chi connectivity index (χ0v) is 23.4. The van der Waals surface area contributed by atoms with Gasteiger partial charge in [0.1, 0.15) is 6.04 Å². The van der Waals surface area contributed by atoms with E-state index in [1.54, 1.807) is 24.1 Å². The molecule has 2 amide bonds. The Labute approximate surface area is 221 Å². The summed E-state index contributed by atoms with van der Waals surface area (Å²) in [6, 6.07) is 6.61. The molecule has 1 aliphatic carbocycles. The van der Waals surface area contributed by atoms with Crippen LogP contribution in [0.25, 0.3) is 0 Å². The summed E-state index contributed by atoms with van der Waals surface area (Å²) in [5.41, 5.74) is 4.46. The van der Waals surface area contributed by atoms with Gasteiger partial charge in [-0.1, -0.05) is 58.4 Å². The van der Waals surface area contributed by atoms with E-state index in [1.165, 1.54) is 0 Å². The molecule has 7 nitrogen and oxygen atoms in total. The smallest absolute Gasteiger partial charge is 0.245 e. The summed E-state index contributed by atoms with van der Waals surface area (Å²) in [7, 11) is 1.65. The van der Waals surface area contributed by atoms with E-state index in [-0.39, 0.29) is 29.6 Å². The number of aliphatic hydroxyl groups is 1. The van der Waals surface area contributed by atoms with Gasteiger partial charge in [0.15, 0.2) is 0 Å². The van der Waals surface area contributed by atoms with Gasteiger partial charge in [-0.2, -0.15) is 0 Å². The van der Waals surface area contributed by atoms with E-state index in [0.717, 1.165) is 18.4 Å². The number of nitrogens with zero attached hydrogens (tertiary/aromatic N) is 1. The molecule has 1 saturated carbocycles. The van der Waals surface area contributed by atoms with Crippen LogP contribution in [0.3, 0.4) is 0 Å². The summed E-state index contributed by atoms with van der Waals surface area (Å²) in [6.07, 6.45) is 2.79. The number of halogens is 1. The third kappa shape index (κ3) is 5.17. The highest BCUT2D eigenvalue weighted by Gasteiger charge is 2.52. The lowest BCUT2D eigenvalue weighted by atomic mass is 9.66. The highest BCUT2D eigenvalue weighted by molar-refractivity contribution is 6.30. The first-order valence-corrected chi connectivity index (χ1v) is 13.5. The number of carbonyl (C=O) groups is 2. The van der Waals surface area contributed by atoms with Crippen LogP contribution >= 0.6 is 11.6 Å². The lowest BCUT2D eigenvalue weighted by Crippen LogP contribution is -2.61. The van der Waals surface area contributed by atoms with Crippen molar-refractivity contribution in [2.75, 3.05) is 26.7 Å². The van der Waals surface area contributed by atoms with Crippen molar-refractivity contribution in [2.24, 2.45) is 28.9 Å². The Morgan fingerprint density at radius 3 is 2.39 bits per heavy atom. The van der Waals surface area contributed by atoms with Gasteiger partial charge < -0.3 is 25.8 Å². The van der Waals surface area contributed by atoms with Crippen LogP contribution in [0.15, 0.2) is 24.3 Å². The molecule has 1 saturated heterocycles. The van der Waals surface area contributed by atoms with Crippen molar-refractivity contribution in [1.82, 2.24) is 10.2 Å². The number of nitrogens with two attached hydrogens (primary N) is 1. The van der Waals surface area contributed by atoms with Crippen LogP contribution in [-0.4, -0.2) is 60.2 Å². The molecule has 0 radical (unpaired) electrons. The first-order valence-electron chi connectivity index (χ1n) is 13.2. The number of rotatable bonds is 8. The topological polar surface area (TPSA) is 105 Å². The first kappa shape index (κ1) is 28.9. The van der Waals surface area contributed by atoms with Gasteiger partial charge >= 0.3 is 0 Å². The predicted molar refractivity (Wildman–Crippen MR) is 142 cm³/mol. The van der Waals surface area contributed by atoms with E-state index in [9.17, 15) is 14.7 Å². The predicted octanol–water partition coefficient (Wildman–Crippen LogP) is 3.71. The van der Waals surface area contributed by atoms with Crippen LogP contribution in [0.4, 0.5) is 0 Å². The van der Waals surface area contributed by atoms with Crippen molar-refractivity contribution in [2.45, 2.75) is 77.5 Å². The number of piperidine rings is 1. The van der Waals surface area contributed by atoms with Gasteiger partial charge in [-0.15, -0.1) is 0 Å². The van der Waals surface area contributed by atoms with E-state index in [0.29, 0.717) is 37.5 Å². The molecule has 0 bridgehead atoms. The van der Waals surface area contributed by atoms with Crippen molar-refractivity contribution in [1.29, 1.82) is 0 Å². The van der Waals surface area contributed by atoms with Gasteiger partial charge in [0.25, 0.3) is 0 Å². The Morgan fingerprint density at radius 2 is 1.86 bits per heavy atom. The molecule has 1 aliphatic heterocycles. The Bertz CT molecular complexity index is 937. The van der Waals surface area contributed by atoms with E-state index >= 15 is 0 Å². The molecule has 36 heavy (non-hydrogen) atoms. The maximum Gasteiger partial charge on any atom is 0.245 e. The Morgan fingerprint density at radius 1 is 1.22 bits per heavy atom. The van der Waals surface area contributed by atoms with Gasteiger partial charge in [0, 0.05) is 30.6 Å². The van der Waals surface area contributed by atoms with Gasteiger partial charge in [-0.3, -0.25) is 9.59 Å². The van der Waals surface area contributed by atoms with Crippen LogP contribution in [-0.2, 0) is 19.9 Å². The largest absolute Gasteiger partial charge is 0.384 e. The average molecular weight is 522 g/mol.